The van der Waals surface area contributed by atoms with Gasteiger partial charge in [0.05, 0.1) is 6.61 Å². The van der Waals surface area contributed by atoms with Gasteiger partial charge in [0, 0.05) is 38.7 Å². The smallest absolute Gasteiger partial charge is 0.193 e. The van der Waals surface area contributed by atoms with E-state index >= 15 is 0 Å². The van der Waals surface area contributed by atoms with Crippen molar-refractivity contribution in [3.8, 4) is 0 Å². The Hall–Kier alpha value is -1.55. The molecule has 1 N–H and O–H groups in total. The summed E-state index contributed by atoms with van der Waals surface area (Å²) in [5.74, 6) is 1.61. The van der Waals surface area contributed by atoms with Gasteiger partial charge >= 0.3 is 0 Å². The van der Waals surface area contributed by atoms with Crippen molar-refractivity contribution in [3.05, 3.63) is 35.9 Å². The Morgan fingerprint density at radius 2 is 2.17 bits per heavy atom. The van der Waals surface area contributed by atoms with Gasteiger partial charge in [-0.15, -0.1) is 0 Å². The van der Waals surface area contributed by atoms with Gasteiger partial charge in [0.2, 0.25) is 0 Å². The number of hydrogen-bond acceptors (Lipinski definition) is 2. The van der Waals surface area contributed by atoms with E-state index in [2.05, 4.69) is 52.5 Å². The molecule has 1 spiro atoms. The highest BCUT2D eigenvalue weighted by atomic mass is 16.5. The fourth-order valence-corrected chi connectivity index (χ4v) is 3.77. The van der Waals surface area contributed by atoms with Crippen LogP contribution < -0.4 is 5.32 Å². The Bertz CT molecular complexity index is 523. The molecule has 0 bridgehead atoms. The lowest BCUT2D eigenvalue weighted by Gasteiger charge is -2.25. The molecule has 4 heteroatoms. The summed E-state index contributed by atoms with van der Waals surface area (Å²) in [4.78, 5) is 6.89. The third-order valence-corrected chi connectivity index (χ3v) is 5.36. The van der Waals surface area contributed by atoms with Crippen molar-refractivity contribution in [1.82, 2.24) is 10.2 Å². The summed E-state index contributed by atoms with van der Waals surface area (Å²) in [6.07, 6.45) is 3.55. The summed E-state index contributed by atoms with van der Waals surface area (Å²) >= 11 is 0. The average molecular weight is 315 g/mol. The van der Waals surface area contributed by atoms with Gasteiger partial charge in [-0.05, 0) is 30.7 Å². The van der Waals surface area contributed by atoms with E-state index in [0.717, 1.165) is 45.2 Å². The molecular formula is C19H29N3O. The van der Waals surface area contributed by atoms with E-state index in [1.165, 1.54) is 18.4 Å². The molecule has 2 atom stereocenters. The van der Waals surface area contributed by atoms with Gasteiger partial charge in [0.25, 0.3) is 0 Å². The van der Waals surface area contributed by atoms with Gasteiger partial charge < -0.3 is 15.0 Å². The zero-order chi connectivity index (χ0) is 16.1. The average Bonchev–Trinajstić information content (AvgIpc) is 3.22. The Morgan fingerprint density at radius 3 is 2.87 bits per heavy atom. The molecule has 0 saturated carbocycles. The fraction of sp³-hybridized carbons (Fsp3) is 0.632. The lowest BCUT2D eigenvalue weighted by molar-refractivity contribution is 0.156. The number of hydrogen-bond donors (Lipinski definition) is 1. The number of guanidine groups is 1. The molecule has 2 unspecified atom stereocenters. The first-order valence-corrected chi connectivity index (χ1v) is 8.81. The first-order valence-electron chi connectivity index (χ1n) is 8.81. The lowest BCUT2D eigenvalue weighted by atomic mass is 9.87. The molecule has 2 saturated heterocycles. The molecule has 3 rings (SSSR count). The molecule has 2 aliphatic rings. The molecule has 0 radical (unpaired) electrons. The summed E-state index contributed by atoms with van der Waals surface area (Å²) in [5, 5.41) is 3.55. The number of nitrogens with zero attached hydrogens (tertiary/aromatic N) is 2. The van der Waals surface area contributed by atoms with Crippen LogP contribution in [0.4, 0.5) is 0 Å². The summed E-state index contributed by atoms with van der Waals surface area (Å²) in [5.41, 5.74) is 1.79. The van der Waals surface area contributed by atoms with E-state index in [1.807, 2.05) is 7.05 Å². The van der Waals surface area contributed by atoms with E-state index < -0.39 is 0 Å². The monoisotopic (exact) mass is 315 g/mol. The third kappa shape index (κ3) is 3.86. The summed E-state index contributed by atoms with van der Waals surface area (Å²) in [7, 11) is 1.89. The number of ether oxygens (including phenoxy) is 1. The van der Waals surface area contributed by atoms with Gasteiger partial charge in [-0.2, -0.15) is 0 Å². The van der Waals surface area contributed by atoms with Crippen LogP contribution >= 0.6 is 0 Å². The van der Waals surface area contributed by atoms with E-state index in [-0.39, 0.29) is 0 Å². The van der Waals surface area contributed by atoms with Crippen LogP contribution in [0.15, 0.2) is 35.3 Å². The molecule has 4 nitrogen and oxygen atoms in total. The van der Waals surface area contributed by atoms with Crippen LogP contribution in [0.1, 0.15) is 37.7 Å². The zero-order valence-corrected chi connectivity index (χ0v) is 14.4. The number of aliphatic imine (C=N–C) groups is 1. The van der Waals surface area contributed by atoms with Crippen molar-refractivity contribution in [2.24, 2.45) is 10.4 Å². The molecule has 1 aromatic carbocycles. The molecule has 23 heavy (non-hydrogen) atoms. The van der Waals surface area contributed by atoms with Gasteiger partial charge in [-0.25, -0.2) is 0 Å². The maximum Gasteiger partial charge on any atom is 0.193 e. The highest BCUT2D eigenvalue weighted by molar-refractivity contribution is 5.80. The van der Waals surface area contributed by atoms with Crippen LogP contribution in [-0.2, 0) is 4.74 Å². The summed E-state index contributed by atoms with van der Waals surface area (Å²) in [6, 6.07) is 10.7. The highest BCUT2D eigenvalue weighted by Crippen LogP contribution is 2.38. The standard InChI is InChI=1S/C19H29N3O/c1-16(17-6-4-3-5-7-17)8-11-21-18(20-2)22-12-9-19(14-22)10-13-23-15-19/h3-7,16H,8-15H2,1-2H3,(H,20,21). The summed E-state index contributed by atoms with van der Waals surface area (Å²) < 4.78 is 5.62. The Balaban J connectivity index is 1.47. The second-order valence-electron chi connectivity index (χ2n) is 7.05. The first kappa shape index (κ1) is 16.3. The molecule has 0 aliphatic carbocycles. The van der Waals surface area contributed by atoms with E-state index in [0.29, 0.717) is 11.3 Å². The minimum absolute atomic E-state index is 0.384. The van der Waals surface area contributed by atoms with E-state index in [1.54, 1.807) is 0 Å². The largest absolute Gasteiger partial charge is 0.381 e. The highest BCUT2D eigenvalue weighted by Gasteiger charge is 2.42. The minimum atomic E-state index is 0.384. The number of rotatable bonds is 4. The Morgan fingerprint density at radius 1 is 1.35 bits per heavy atom. The van der Waals surface area contributed by atoms with Crippen molar-refractivity contribution >= 4 is 5.96 Å². The Kier molecular flexibility index (Phi) is 5.21. The maximum atomic E-state index is 5.62. The lowest BCUT2D eigenvalue weighted by Crippen LogP contribution is -2.42. The normalized spacial score (nSPS) is 26.0. The third-order valence-electron chi connectivity index (χ3n) is 5.36. The zero-order valence-electron chi connectivity index (χ0n) is 14.4. The number of likely N-dealkylation sites (tertiary alicyclic amines) is 1. The maximum absolute atomic E-state index is 5.62. The predicted octanol–water partition coefficient (Wildman–Crippen LogP) is 2.87. The SMILES string of the molecule is CN=C(NCCC(C)c1ccccc1)N1CCC2(CCOC2)C1. The molecule has 0 aromatic heterocycles. The second kappa shape index (κ2) is 7.35. The van der Waals surface area contributed by atoms with E-state index in [4.69, 9.17) is 4.74 Å². The summed E-state index contributed by atoms with van der Waals surface area (Å²) in [6.45, 7) is 7.28. The first-order chi connectivity index (χ1) is 11.2. The van der Waals surface area contributed by atoms with Crippen molar-refractivity contribution in [1.29, 1.82) is 0 Å². The molecule has 2 aliphatic heterocycles. The molecule has 1 aromatic rings. The quantitative estimate of drug-likeness (QED) is 0.686. The van der Waals surface area contributed by atoms with Crippen LogP contribution in [0.2, 0.25) is 0 Å². The van der Waals surface area contributed by atoms with E-state index in [9.17, 15) is 0 Å². The van der Waals surface area contributed by atoms with Gasteiger partial charge in [0.15, 0.2) is 5.96 Å². The van der Waals surface area contributed by atoms with Gasteiger partial charge in [0.1, 0.15) is 0 Å². The fourth-order valence-electron chi connectivity index (χ4n) is 3.77. The van der Waals surface area contributed by atoms with Crippen LogP contribution in [-0.4, -0.2) is 50.8 Å². The van der Waals surface area contributed by atoms with Gasteiger partial charge in [-0.3, -0.25) is 4.99 Å². The molecular weight excluding hydrogens is 286 g/mol. The predicted molar refractivity (Wildman–Crippen MR) is 94.9 cm³/mol. The molecule has 126 valence electrons. The van der Waals surface area contributed by atoms with Crippen molar-refractivity contribution in [2.45, 2.75) is 32.1 Å². The topological polar surface area (TPSA) is 36.9 Å². The molecule has 2 heterocycles. The Labute approximate surface area is 139 Å². The number of benzene rings is 1. The van der Waals surface area contributed by atoms with Crippen LogP contribution in [0.5, 0.6) is 0 Å². The van der Waals surface area contributed by atoms with Gasteiger partial charge in [-0.1, -0.05) is 37.3 Å². The van der Waals surface area contributed by atoms with Crippen LogP contribution in [0, 0.1) is 5.41 Å². The minimum Gasteiger partial charge on any atom is -0.381 e. The van der Waals surface area contributed by atoms with Crippen molar-refractivity contribution < 1.29 is 4.74 Å². The van der Waals surface area contributed by atoms with Crippen LogP contribution in [0.25, 0.3) is 0 Å². The second-order valence-corrected chi connectivity index (χ2v) is 7.05. The number of nitrogens with one attached hydrogen (secondary N) is 1. The van der Waals surface area contributed by atoms with Crippen molar-refractivity contribution in [3.63, 3.8) is 0 Å². The molecule has 0 amide bonds. The molecule has 2 fully saturated rings. The van der Waals surface area contributed by atoms with Crippen molar-refractivity contribution in [2.75, 3.05) is 39.9 Å². The van der Waals surface area contributed by atoms with Crippen LogP contribution in [0.3, 0.4) is 0 Å².